The second-order valence-electron chi connectivity index (χ2n) is 4.48. The van der Waals surface area contributed by atoms with Crippen LogP contribution in [-0.4, -0.2) is 19.7 Å². The number of hydrogen-bond acceptors (Lipinski definition) is 3. The molecule has 3 aromatic rings. The van der Waals surface area contributed by atoms with E-state index in [0.29, 0.717) is 0 Å². The molecule has 0 N–H and O–H groups in total. The molecule has 0 aliphatic carbocycles. The molecule has 2 heterocycles. The van der Waals surface area contributed by atoms with Gasteiger partial charge in [0, 0.05) is 6.20 Å². The first kappa shape index (κ1) is 15.1. The summed E-state index contributed by atoms with van der Waals surface area (Å²) in [5.41, 5.74) is -0.446. The number of pyridine rings is 1. The Labute approximate surface area is 126 Å². The molecule has 9 heteroatoms. The van der Waals surface area contributed by atoms with Crippen LogP contribution in [-0.2, 0) is 6.18 Å². The zero-order valence-electron chi connectivity index (χ0n) is 11.2. The fourth-order valence-corrected chi connectivity index (χ4v) is 1.91. The lowest BCUT2D eigenvalue weighted by Crippen LogP contribution is -2.09. The molecule has 0 unspecified atom stereocenters. The Morgan fingerprint density at radius 3 is 2.43 bits per heavy atom. The van der Waals surface area contributed by atoms with Crippen LogP contribution in [0.5, 0.6) is 0 Å². The summed E-state index contributed by atoms with van der Waals surface area (Å²) in [5, 5.41) is 3.33. The maximum Gasteiger partial charge on any atom is 0.453 e. The minimum atomic E-state index is -4.83. The lowest BCUT2D eigenvalue weighted by Gasteiger charge is -2.05. The smallest absolute Gasteiger partial charge is 0.237 e. The molecule has 0 amide bonds. The topological polar surface area (TPSA) is 43.6 Å². The maximum atomic E-state index is 13.9. The van der Waals surface area contributed by atoms with Crippen LogP contribution in [0.4, 0.5) is 22.0 Å². The van der Waals surface area contributed by atoms with Crippen LogP contribution >= 0.6 is 0 Å². The van der Waals surface area contributed by atoms with Crippen LogP contribution in [0.2, 0.25) is 0 Å². The molecular weight excluding hydrogens is 319 g/mol. The Morgan fingerprint density at radius 2 is 1.78 bits per heavy atom. The van der Waals surface area contributed by atoms with Crippen LogP contribution in [0.3, 0.4) is 0 Å². The molecule has 0 bridgehead atoms. The average Bonchev–Trinajstić information content (AvgIpc) is 2.96. The lowest BCUT2D eigenvalue weighted by atomic mass is 10.2. The number of nitrogens with zero attached hydrogens (tertiary/aromatic N) is 4. The van der Waals surface area contributed by atoms with Gasteiger partial charge in [-0.3, -0.25) is 0 Å². The van der Waals surface area contributed by atoms with Crippen LogP contribution in [0.15, 0.2) is 42.6 Å². The van der Waals surface area contributed by atoms with Crippen LogP contribution in [0.25, 0.3) is 17.2 Å². The molecule has 0 aliphatic heterocycles. The first-order valence-electron chi connectivity index (χ1n) is 6.27. The van der Waals surface area contributed by atoms with Crippen LogP contribution in [0.1, 0.15) is 5.82 Å². The van der Waals surface area contributed by atoms with E-state index in [1.807, 2.05) is 0 Å². The van der Waals surface area contributed by atoms with E-state index < -0.39 is 35.0 Å². The lowest BCUT2D eigenvalue weighted by molar-refractivity contribution is -0.144. The third-order valence-electron chi connectivity index (χ3n) is 2.90. The van der Waals surface area contributed by atoms with Gasteiger partial charge >= 0.3 is 6.18 Å². The molecule has 2 aromatic heterocycles. The number of aromatic nitrogens is 4. The molecule has 0 atom stereocenters. The highest BCUT2D eigenvalue weighted by atomic mass is 19.4. The van der Waals surface area contributed by atoms with E-state index in [1.54, 1.807) is 6.07 Å². The molecule has 0 fully saturated rings. The number of rotatable bonds is 2. The maximum absolute atomic E-state index is 13.9. The van der Waals surface area contributed by atoms with E-state index in [-0.39, 0.29) is 5.82 Å². The molecule has 3 rings (SSSR count). The van der Waals surface area contributed by atoms with Gasteiger partial charge in [-0.05, 0) is 30.3 Å². The van der Waals surface area contributed by atoms with Gasteiger partial charge in [-0.15, -0.1) is 5.10 Å². The van der Waals surface area contributed by atoms with Crippen molar-refractivity contribution >= 4 is 0 Å². The predicted molar refractivity (Wildman–Crippen MR) is 69.5 cm³/mol. The summed E-state index contributed by atoms with van der Waals surface area (Å²) in [6.07, 6.45) is -3.51. The first-order chi connectivity index (χ1) is 10.9. The highest BCUT2D eigenvalue weighted by molar-refractivity contribution is 5.58. The van der Waals surface area contributed by atoms with Crippen molar-refractivity contribution in [2.45, 2.75) is 6.18 Å². The van der Waals surface area contributed by atoms with Gasteiger partial charge in [0.05, 0.1) is 5.56 Å². The Balaban J connectivity index is 2.27. The van der Waals surface area contributed by atoms with Gasteiger partial charge in [0.25, 0.3) is 5.82 Å². The summed E-state index contributed by atoms with van der Waals surface area (Å²) in [5.74, 6) is -3.71. The molecule has 0 aliphatic rings. The van der Waals surface area contributed by atoms with Crippen molar-refractivity contribution in [1.82, 2.24) is 19.7 Å². The molecule has 0 spiro atoms. The fraction of sp³-hybridized carbons (Fsp3) is 0.0714. The standard InChI is InChI=1S/C14H7F5N4/c15-8-4-5-10(16)9(7-8)12-21-13(14(17,18)19)22-23(12)11-3-1-2-6-20-11/h1-7H. The van der Waals surface area contributed by atoms with Gasteiger partial charge in [-0.1, -0.05) is 6.07 Å². The predicted octanol–water partition coefficient (Wildman–Crippen LogP) is 3.63. The molecule has 23 heavy (non-hydrogen) atoms. The van der Waals surface area contributed by atoms with E-state index in [4.69, 9.17) is 0 Å². The summed E-state index contributed by atoms with van der Waals surface area (Å²) in [7, 11) is 0. The minimum absolute atomic E-state index is 0.00541. The second kappa shape index (κ2) is 5.41. The SMILES string of the molecule is Fc1ccc(F)c(-c2nc(C(F)(F)F)nn2-c2ccccn2)c1. The third kappa shape index (κ3) is 2.89. The van der Waals surface area contributed by atoms with E-state index in [1.165, 1.54) is 18.3 Å². The van der Waals surface area contributed by atoms with E-state index in [2.05, 4.69) is 15.1 Å². The summed E-state index contributed by atoms with van der Waals surface area (Å²) in [4.78, 5) is 7.17. The number of alkyl halides is 3. The van der Waals surface area contributed by atoms with Crippen LogP contribution in [0, 0.1) is 11.6 Å². The Morgan fingerprint density at radius 1 is 1.00 bits per heavy atom. The Bertz CT molecular complexity index is 842. The van der Waals surface area contributed by atoms with Gasteiger partial charge in [0.15, 0.2) is 11.6 Å². The Hall–Kier alpha value is -2.84. The molecule has 1 aromatic carbocycles. The summed E-state index contributed by atoms with van der Waals surface area (Å²) >= 11 is 0. The van der Waals surface area contributed by atoms with Gasteiger partial charge in [0.2, 0.25) is 0 Å². The molecule has 0 saturated carbocycles. The summed E-state index contributed by atoms with van der Waals surface area (Å²) in [6.45, 7) is 0. The van der Waals surface area contributed by atoms with Gasteiger partial charge in [0.1, 0.15) is 11.6 Å². The molecule has 0 saturated heterocycles. The molecule has 118 valence electrons. The molecular formula is C14H7F5N4. The number of halogens is 5. The van der Waals surface area contributed by atoms with E-state index in [0.717, 1.165) is 22.9 Å². The highest BCUT2D eigenvalue weighted by Gasteiger charge is 2.38. The Kier molecular flexibility index (Phi) is 3.55. The van der Waals surface area contributed by atoms with Gasteiger partial charge < -0.3 is 0 Å². The average molecular weight is 326 g/mol. The normalized spacial score (nSPS) is 11.7. The second-order valence-corrected chi connectivity index (χ2v) is 4.48. The highest BCUT2D eigenvalue weighted by Crippen LogP contribution is 2.31. The quantitative estimate of drug-likeness (QED) is 0.676. The molecule has 4 nitrogen and oxygen atoms in total. The summed E-state index contributed by atoms with van der Waals surface area (Å²) < 4.78 is 66.6. The van der Waals surface area contributed by atoms with Crippen molar-refractivity contribution in [2.24, 2.45) is 0 Å². The minimum Gasteiger partial charge on any atom is -0.237 e. The first-order valence-corrected chi connectivity index (χ1v) is 6.27. The van der Waals surface area contributed by atoms with Crippen molar-refractivity contribution in [1.29, 1.82) is 0 Å². The van der Waals surface area contributed by atoms with Crippen LogP contribution < -0.4 is 0 Å². The largest absolute Gasteiger partial charge is 0.453 e. The van der Waals surface area contributed by atoms with Gasteiger partial charge in [-0.2, -0.15) is 17.9 Å². The zero-order valence-corrected chi connectivity index (χ0v) is 11.2. The van der Waals surface area contributed by atoms with Crippen molar-refractivity contribution in [2.75, 3.05) is 0 Å². The van der Waals surface area contributed by atoms with Crippen molar-refractivity contribution in [3.8, 4) is 17.2 Å². The van der Waals surface area contributed by atoms with Gasteiger partial charge in [-0.25, -0.2) is 18.7 Å². The summed E-state index contributed by atoms with van der Waals surface area (Å²) in [6, 6.07) is 6.84. The van der Waals surface area contributed by atoms with E-state index in [9.17, 15) is 22.0 Å². The zero-order chi connectivity index (χ0) is 16.6. The van der Waals surface area contributed by atoms with Crippen molar-refractivity contribution < 1.29 is 22.0 Å². The monoisotopic (exact) mass is 326 g/mol. The van der Waals surface area contributed by atoms with Crippen molar-refractivity contribution in [3.63, 3.8) is 0 Å². The number of benzene rings is 1. The number of hydrogen-bond donors (Lipinski definition) is 0. The fourth-order valence-electron chi connectivity index (χ4n) is 1.91. The van der Waals surface area contributed by atoms with E-state index >= 15 is 0 Å². The van der Waals surface area contributed by atoms with Crippen molar-refractivity contribution in [3.05, 3.63) is 60.1 Å². The third-order valence-corrected chi connectivity index (χ3v) is 2.90. The molecule has 0 radical (unpaired) electrons.